The molecule has 0 radical (unpaired) electrons. The minimum Gasteiger partial charge on any atom is -0.327 e. The average molecular weight is 355 g/mol. The van der Waals surface area contributed by atoms with Gasteiger partial charge in [-0.3, -0.25) is 9.79 Å². The molecular weight excluding hydrogens is 333 g/mol. The Kier molecular flexibility index (Phi) is 4.71. The van der Waals surface area contributed by atoms with Gasteiger partial charge in [0, 0.05) is 24.4 Å². The summed E-state index contributed by atoms with van der Waals surface area (Å²) in [6.45, 7) is 12.1. The Bertz CT molecular complexity index is 915. The fraction of sp³-hybridized carbons (Fsp3) is 0.368. The van der Waals surface area contributed by atoms with E-state index in [0.717, 1.165) is 5.71 Å². The van der Waals surface area contributed by atoms with Gasteiger partial charge < -0.3 is 9.47 Å². The van der Waals surface area contributed by atoms with Crippen molar-refractivity contribution in [2.75, 3.05) is 6.54 Å². The predicted octanol–water partition coefficient (Wildman–Crippen LogP) is 3.29. The Hall–Kier alpha value is -2.83. The van der Waals surface area contributed by atoms with Gasteiger partial charge in [0.25, 0.3) is 5.91 Å². The number of hydrogen-bond acceptors (Lipinski definition) is 4. The molecule has 136 valence electrons. The molecular formula is C19H22FN5O. The van der Waals surface area contributed by atoms with E-state index in [4.69, 9.17) is 0 Å². The van der Waals surface area contributed by atoms with E-state index in [1.807, 2.05) is 25.3 Å². The molecule has 7 heteroatoms. The van der Waals surface area contributed by atoms with E-state index in [1.54, 1.807) is 24.0 Å². The van der Waals surface area contributed by atoms with Crippen LogP contribution in [0, 0.1) is 12.7 Å². The second-order valence-corrected chi connectivity index (χ2v) is 6.60. The van der Waals surface area contributed by atoms with Crippen LogP contribution in [0.25, 0.3) is 0 Å². The molecule has 26 heavy (non-hydrogen) atoms. The van der Waals surface area contributed by atoms with Crippen LogP contribution in [0.4, 0.5) is 4.39 Å². The van der Waals surface area contributed by atoms with Crippen molar-refractivity contribution in [3.8, 4) is 0 Å². The molecule has 1 aliphatic rings. The minimum absolute atomic E-state index is 0.209. The van der Waals surface area contributed by atoms with Crippen molar-refractivity contribution in [3.63, 3.8) is 0 Å². The summed E-state index contributed by atoms with van der Waals surface area (Å²) in [4.78, 5) is 18.9. The zero-order valence-corrected chi connectivity index (χ0v) is 15.5. The first-order valence-corrected chi connectivity index (χ1v) is 8.51. The van der Waals surface area contributed by atoms with Crippen LogP contribution in [0.3, 0.4) is 0 Å². The molecule has 2 heterocycles. The molecule has 1 amide bonds. The highest BCUT2D eigenvalue weighted by Gasteiger charge is 2.32. The van der Waals surface area contributed by atoms with Crippen molar-refractivity contribution in [2.24, 2.45) is 4.99 Å². The highest BCUT2D eigenvalue weighted by atomic mass is 19.1. The fourth-order valence-corrected chi connectivity index (χ4v) is 3.16. The van der Waals surface area contributed by atoms with Crippen LogP contribution in [0.2, 0.25) is 0 Å². The summed E-state index contributed by atoms with van der Waals surface area (Å²) in [6, 6.07) is 4.30. The molecule has 0 N–H and O–H groups in total. The number of allylic oxidation sites excluding steroid dienone is 1. The summed E-state index contributed by atoms with van der Waals surface area (Å²) in [5.74, 6) is 0.795. The molecule has 0 bridgehead atoms. The predicted molar refractivity (Wildman–Crippen MR) is 97.6 cm³/mol. The number of aromatic nitrogens is 3. The van der Waals surface area contributed by atoms with E-state index in [9.17, 15) is 9.18 Å². The molecule has 2 aromatic rings. The van der Waals surface area contributed by atoms with E-state index in [1.165, 1.54) is 6.07 Å². The number of rotatable bonds is 3. The Balaban J connectivity index is 1.90. The Morgan fingerprint density at radius 1 is 1.31 bits per heavy atom. The van der Waals surface area contributed by atoms with E-state index in [2.05, 4.69) is 21.8 Å². The van der Waals surface area contributed by atoms with Crippen molar-refractivity contribution in [2.45, 2.75) is 40.3 Å². The number of carbonyl (C=O) groups is 1. The van der Waals surface area contributed by atoms with Gasteiger partial charge in [-0.25, -0.2) is 4.39 Å². The van der Waals surface area contributed by atoms with Crippen LogP contribution >= 0.6 is 0 Å². The second-order valence-electron chi connectivity index (χ2n) is 6.60. The Morgan fingerprint density at radius 2 is 2.04 bits per heavy atom. The lowest BCUT2D eigenvalue weighted by Crippen LogP contribution is -2.41. The lowest BCUT2D eigenvalue weighted by Gasteiger charge is -2.33. The quantitative estimate of drug-likeness (QED) is 0.794. The molecule has 1 aromatic carbocycles. The number of benzene rings is 1. The van der Waals surface area contributed by atoms with Crippen LogP contribution in [0.15, 0.2) is 35.5 Å². The lowest BCUT2D eigenvalue weighted by molar-refractivity contribution is 0.0637. The number of aliphatic imine (C=N–C) groups is 1. The number of hydrogen-bond donors (Lipinski definition) is 0. The molecule has 0 spiro atoms. The normalized spacial score (nSPS) is 17.2. The summed E-state index contributed by atoms with van der Waals surface area (Å²) in [7, 11) is 0. The first kappa shape index (κ1) is 18.0. The van der Waals surface area contributed by atoms with Crippen LogP contribution in [-0.2, 0) is 6.54 Å². The van der Waals surface area contributed by atoms with Gasteiger partial charge in [-0.2, -0.15) is 0 Å². The molecule has 1 unspecified atom stereocenters. The van der Waals surface area contributed by atoms with Crippen molar-refractivity contribution in [1.82, 2.24) is 19.7 Å². The average Bonchev–Trinajstić information content (AvgIpc) is 3.01. The Morgan fingerprint density at radius 3 is 2.69 bits per heavy atom. The molecule has 3 rings (SSSR count). The third-order valence-corrected chi connectivity index (χ3v) is 4.55. The highest BCUT2D eigenvalue weighted by Crippen LogP contribution is 2.26. The topological polar surface area (TPSA) is 63.4 Å². The number of halogens is 1. The van der Waals surface area contributed by atoms with Crippen molar-refractivity contribution < 1.29 is 9.18 Å². The summed E-state index contributed by atoms with van der Waals surface area (Å²) in [6.07, 6.45) is 0. The van der Waals surface area contributed by atoms with Gasteiger partial charge >= 0.3 is 0 Å². The number of carbonyl (C=O) groups excluding carboxylic acids is 1. The van der Waals surface area contributed by atoms with Crippen LogP contribution in [-0.4, -0.2) is 37.8 Å². The zero-order chi connectivity index (χ0) is 19.0. The van der Waals surface area contributed by atoms with Gasteiger partial charge in [-0.1, -0.05) is 12.6 Å². The molecule has 0 fully saturated rings. The maximum atomic E-state index is 13.8. The number of aryl methyl sites for hydroxylation is 1. The molecule has 6 nitrogen and oxygen atoms in total. The van der Waals surface area contributed by atoms with Gasteiger partial charge in [-0.15, -0.1) is 10.2 Å². The van der Waals surface area contributed by atoms with Crippen molar-refractivity contribution in [1.29, 1.82) is 0 Å². The summed E-state index contributed by atoms with van der Waals surface area (Å²) in [5, 5.41) is 8.50. The largest absolute Gasteiger partial charge is 0.327 e. The van der Waals surface area contributed by atoms with E-state index < -0.39 is 0 Å². The third-order valence-electron chi connectivity index (χ3n) is 4.55. The summed E-state index contributed by atoms with van der Waals surface area (Å²) >= 11 is 0. The van der Waals surface area contributed by atoms with Gasteiger partial charge in [0.15, 0.2) is 11.6 Å². The maximum Gasteiger partial charge on any atom is 0.254 e. The lowest BCUT2D eigenvalue weighted by atomic mass is 10.1. The maximum absolute atomic E-state index is 13.8. The minimum atomic E-state index is -0.377. The molecule has 0 saturated carbocycles. The standard InChI is InChI=1S/C19H22FN5O/c1-11(2)21-13(4)17-22-23-18-14(5)24(8-9-25(17)18)19(26)15-7-6-12(3)16(20)10-15/h6-7,10,14H,1,8-9H2,2-5H3/b21-13+. The summed E-state index contributed by atoms with van der Waals surface area (Å²) < 4.78 is 15.8. The first-order valence-electron chi connectivity index (χ1n) is 8.51. The number of fused-ring (bicyclic) bond motifs is 1. The van der Waals surface area contributed by atoms with Crippen LogP contribution in [0.1, 0.15) is 54.4 Å². The molecule has 1 atom stereocenters. The van der Waals surface area contributed by atoms with Crippen LogP contribution in [0.5, 0.6) is 0 Å². The van der Waals surface area contributed by atoms with E-state index >= 15 is 0 Å². The summed E-state index contributed by atoms with van der Waals surface area (Å²) in [5.41, 5.74) is 2.30. The molecule has 0 saturated heterocycles. The monoisotopic (exact) mass is 355 g/mol. The molecule has 0 aliphatic carbocycles. The first-order chi connectivity index (χ1) is 12.3. The second kappa shape index (κ2) is 6.82. The SMILES string of the molecule is C=C(C)/N=C(\C)c1nnc2n1CCN(C(=O)c1ccc(C)c(F)c1)C2C. The van der Waals surface area contributed by atoms with Crippen LogP contribution < -0.4 is 0 Å². The van der Waals surface area contributed by atoms with Crippen molar-refractivity contribution >= 4 is 11.6 Å². The van der Waals surface area contributed by atoms with E-state index in [0.29, 0.717) is 41.6 Å². The number of nitrogens with zero attached hydrogens (tertiary/aromatic N) is 5. The molecule has 1 aromatic heterocycles. The van der Waals surface area contributed by atoms with Gasteiger partial charge in [0.2, 0.25) is 0 Å². The Labute approximate surface area is 152 Å². The number of amides is 1. The van der Waals surface area contributed by atoms with Gasteiger partial charge in [-0.05, 0) is 45.4 Å². The van der Waals surface area contributed by atoms with Gasteiger partial charge in [0.05, 0.1) is 11.8 Å². The van der Waals surface area contributed by atoms with E-state index in [-0.39, 0.29) is 17.8 Å². The van der Waals surface area contributed by atoms with Gasteiger partial charge in [0.1, 0.15) is 5.82 Å². The van der Waals surface area contributed by atoms with Crippen molar-refractivity contribution in [3.05, 3.63) is 59.1 Å². The smallest absolute Gasteiger partial charge is 0.254 e. The zero-order valence-electron chi connectivity index (χ0n) is 15.5. The fourth-order valence-electron chi connectivity index (χ4n) is 3.16. The highest BCUT2D eigenvalue weighted by molar-refractivity contribution is 5.96. The third kappa shape index (κ3) is 3.16. The molecule has 1 aliphatic heterocycles.